The lowest BCUT2D eigenvalue weighted by atomic mass is 10.1. The highest BCUT2D eigenvalue weighted by molar-refractivity contribution is 6.30. The van der Waals surface area contributed by atoms with Gasteiger partial charge in [-0.25, -0.2) is 4.98 Å². The van der Waals surface area contributed by atoms with Crippen LogP contribution in [0.4, 0.5) is 0 Å². The Balaban J connectivity index is 1.92. The van der Waals surface area contributed by atoms with E-state index < -0.39 is 0 Å². The summed E-state index contributed by atoms with van der Waals surface area (Å²) < 4.78 is 16.5. The van der Waals surface area contributed by atoms with E-state index in [1.165, 1.54) is 0 Å². The first-order chi connectivity index (χ1) is 11.6. The lowest BCUT2D eigenvalue weighted by Gasteiger charge is -2.13. The van der Waals surface area contributed by atoms with Crippen molar-refractivity contribution in [3.05, 3.63) is 58.7 Å². The third-order valence-corrected chi connectivity index (χ3v) is 4.08. The molecule has 0 saturated heterocycles. The molecule has 0 aliphatic carbocycles. The van der Waals surface area contributed by atoms with Crippen LogP contribution in [-0.2, 0) is 6.61 Å². The molecular weight excluding hydrogens is 326 g/mol. The van der Waals surface area contributed by atoms with Gasteiger partial charge < -0.3 is 14.2 Å². The van der Waals surface area contributed by atoms with Crippen LogP contribution < -0.4 is 14.2 Å². The molecule has 5 heteroatoms. The second-order valence-corrected chi connectivity index (χ2v) is 5.76. The number of pyridine rings is 1. The monoisotopic (exact) mass is 343 g/mol. The molecule has 24 heavy (non-hydrogen) atoms. The lowest BCUT2D eigenvalue weighted by molar-refractivity contribution is 0.309. The van der Waals surface area contributed by atoms with Crippen molar-refractivity contribution in [1.29, 1.82) is 0 Å². The Bertz CT molecular complexity index is 863. The third kappa shape index (κ3) is 3.24. The largest absolute Gasteiger partial charge is 0.497 e. The number of hydrogen-bond donors (Lipinski definition) is 0. The van der Waals surface area contributed by atoms with Gasteiger partial charge in [0.2, 0.25) is 0 Å². The lowest BCUT2D eigenvalue weighted by Crippen LogP contribution is -1.98. The Labute approximate surface area is 145 Å². The van der Waals surface area contributed by atoms with Crippen LogP contribution in [0.5, 0.6) is 17.2 Å². The Morgan fingerprint density at radius 1 is 0.958 bits per heavy atom. The molecule has 1 heterocycles. The second-order valence-electron chi connectivity index (χ2n) is 5.37. The highest BCUT2D eigenvalue weighted by Crippen LogP contribution is 2.33. The van der Waals surface area contributed by atoms with E-state index in [4.69, 9.17) is 25.8 Å². The van der Waals surface area contributed by atoms with Crippen molar-refractivity contribution in [1.82, 2.24) is 4.98 Å². The highest BCUT2D eigenvalue weighted by Gasteiger charge is 2.12. The van der Waals surface area contributed by atoms with Crippen LogP contribution in [0, 0.1) is 6.92 Å². The molecule has 0 fully saturated rings. The van der Waals surface area contributed by atoms with Crippen LogP contribution in [-0.4, -0.2) is 19.2 Å². The van der Waals surface area contributed by atoms with Crippen molar-refractivity contribution in [2.24, 2.45) is 0 Å². The molecule has 0 amide bonds. The molecule has 0 unspecified atom stereocenters. The number of aromatic nitrogens is 1. The maximum absolute atomic E-state index is 6.16. The maximum Gasteiger partial charge on any atom is 0.133 e. The van der Waals surface area contributed by atoms with Crippen molar-refractivity contribution >= 4 is 22.5 Å². The minimum Gasteiger partial charge on any atom is -0.497 e. The van der Waals surface area contributed by atoms with Crippen LogP contribution in [0.25, 0.3) is 10.9 Å². The van der Waals surface area contributed by atoms with Crippen LogP contribution in [0.3, 0.4) is 0 Å². The number of methoxy groups -OCH3 is 2. The first-order valence-electron chi connectivity index (χ1n) is 7.52. The number of nitrogens with zero attached hydrogens (tertiary/aromatic N) is 1. The summed E-state index contributed by atoms with van der Waals surface area (Å²) in [5, 5.41) is 1.30. The fraction of sp³-hybridized carbons (Fsp3) is 0.211. The molecule has 3 rings (SSSR count). The van der Waals surface area contributed by atoms with E-state index in [1.807, 2.05) is 43.3 Å². The number of benzene rings is 2. The topological polar surface area (TPSA) is 40.6 Å². The maximum atomic E-state index is 6.16. The van der Waals surface area contributed by atoms with Crippen LogP contribution in [0.15, 0.2) is 42.5 Å². The summed E-state index contributed by atoms with van der Waals surface area (Å²) in [6.45, 7) is 2.39. The Morgan fingerprint density at radius 3 is 2.38 bits per heavy atom. The van der Waals surface area contributed by atoms with Gasteiger partial charge in [0.25, 0.3) is 0 Å². The van der Waals surface area contributed by atoms with Gasteiger partial charge >= 0.3 is 0 Å². The van der Waals surface area contributed by atoms with Crippen molar-refractivity contribution in [3.63, 3.8) is 0 Å². The normalized spacial score (nSPS) is 10.7. The Morgan fingerprint density at radius 2 is 1.71 bits per heavy atom. The summed E-state index contributed by atoms with van der Waals surface area (Å²) >= 11 is 6.16. The van der Waals surface area contributed by atoms with Crippen molar-refractivity contribution in [2.75, 3.05) is 14.2 Å². The molecular formula is C19H18ClNO3. The number of aryl methyl sites for hydroxylation is 1. The van der Waals surface area contributed by atoms with Crippen molar-refractivity contribution in [3.8, 4) is 17.2 Å². The quantitative estimate of drug-likeness (QED) is 0.624. The molecule has 0 radical (unpaired) electrons. The smallest absolute Gasteiger partial charge is 0.133 e. The molecule has 0 N–H and O–H groups in total. The van der Waals surface area contributed by atoms with E-state index in [-0.39, 0.29) is 0 Å². The van der Waals surface area contributed by atoms with Gasteiger partial charge in [0.15, 0.2) is 0 Å². The van der Waals surface area contributed by atoms with Crippen molar-refractivity contribution < 1.29 is 14.2 Å². The number of halogens is 1. The molecule has 0 bridgehead atoms. The summed E-state index contributed by atoms with van der Waals surface area (Å²) in [7, 11) is 3.28. The average molecular weight is 344 g/mol. The zero-order valence-electron chi connectivity index (χ0n) is 13.8. The van der Waals surface area contributed by atoms with E-state index >= 15 is 0 Å². The predicted octanol–water partition coefficient (Wildman–Crippen LogP) is 4.79. The van der Waals surface area contributed by atoms with Gasteiger partial charge in [-0.3, -0.25) is 0 Å². The van der Waals surface area contributed by atoms with E-state index in [2.05, 4.69) is 4.98 Å². The molecule has 0 aliphatic rings. The molecule has 0 saturated carbocycles. The summed E-state index contributed by atoms with van der Waals surface area (Å²) in [6.07, 6.45) is 0. The van der Waals surface area contributed by atoms with Gasteiger partial charge in [-0.15, -0.1) is 0 Å². The molecule has 3 aromatic rings. The number of hydrogen-bond acceptors (Lipinski definition) is 4. The third-order valence-electron chi connectivity index (χ3n) is 3.89. The van der Waals surface area contributed by atoms with Gasteiger partial charge in [0.05, 0.1) is 19.7 Å². The van der Waals surface area contributed by atoms with Gasteiger partial charge in [0.1, 0.15) is 29.0 Å². The van der Waals surface area contributed by atoms with Gasteiger partial charge in [-0.2, -0.15) is 0 Å². The highest BCUT2D eigenvalue weighted by atomic mass is 35.5. The first kappa shape index (κ1) is 16.4. The summed E-state index contributed by atoms with van der Waals surface area (Å²) in [5.41, 5.74) is 2.76. The average Bonchev–Trinajstić information content (AvgIpc) is 2.61. The number of rotatable bonds is 5. The zero-order chi connectivity index (χ0) is 17.1. The van der Waals surface area contributed by atoms with Gasteiger partial charge in [-0.1, -0.05) is 23.7 Å². The van der Waals surface area contributed by atoms with E-state index in [1.54, 1.807) is 20.3 Å². The fourth-order valence-electron chi connectivity index (χ4n) is 2.57. The molecule has 0 spiro atoms. The minimum absolute atomic E-state index is 0.392. The Kier molecular flexibility index (Phi) is 4.76. The van der Waals surface area contributed by atoms with Crippen LogP contribution >= 0.6 is 11.6 Å². The predicted molar refractivity (Wildman–Crippen MR) is 95.4 cm³/mol. The van der Waals surface area contributed by atoms with E-state index in [0.29, 0.717) is 17.5 Å². The summed E-state index contributed by atoms with van der Waals surface area (Å²) in [4.78, 5) is 4.41. The standard InChI is InChI=1S/C19H18ClNO3/c1-12-16(23-3)9-8-15-17(10-18(20)21-19(12)15)24-11-13-4-6-14(22-2)7-5-13/h4-10H,11H2,1-3H3. The molecule has 2 aromatic carbocycles. The molecule has 0 aliphatic heterocycles. The fourth-order valence-corrected chi connectivity index (χ4v) is 2.76. The zero-order valence-corrected chi connectivity index (χ0v) is 14.6. The summed E-state index contributed by atoms with van der Waals surface area (Å²) in [5.74, 6) is 2.30. The SMILES string of the molecule is COc1ccc(COc2cc(Cl)nc3c(C)c(OC)ccc23)cc1. The van der Waals surface area contributed by atoms with Crippen LogP contribution in [0.1, 0.15) is 11.1 Å². The van der Waals surface area contributed by atoms with Gasteiger partial charge in [-0.05, 0) is 36.8 Å². The Hall–Kier alpha value is -2.46. The van der Waals surface area contributed by atoms with Crippen LogP contribution in [0.2, 0.25) is 5.15 Å². The number of fused-ring (bicyclic) bond motifs is 1. The van der Waals surface area contributed by atoms with Gasteiger partial charge in [0, 0.05) is 17.0 Å². The second kappa shape index (κ2) is 6.97. The van der Waals surface area contributed by atoms with E-state index in [9.17, 15) is 0 Å². The van der Waals surface area contributed by atoms with E-state index in [0.717, 1.165) is 33.5 Å². The molecule has 1 aromatic heterocycles. The minimum atomic E-state index is 0.392. The first-order valence-corrected chi connectivity index (χ1v) is 7.89. The molecule has 4 nitrogen and oxygen atoms in total. The number of ether oxygens (including phenoxy) is 3. The molecule has 124 valence electrons. The van der Waals surface area contributed by atoms with Crippen molar-refractivity contribution in [2.45, 2.75) is 13.5 Å². The summed E-state index contributed by atoms with van der Waals surface area (Å²) in [6, 6.07) is 13.3. The molecule has 0 atom stereocenters.